The van der Waals surface area contributed by atoms with Crippen molar-refractivity contribution in [1.82, 2.24) is 14.8 Å². The van der Waals surface area contributed by atoms with Crippen LogP contribution in [0.25, 0.3) is 10.9 Å². The Morgan fingerprint density at radius 2 is 2.03 bits per heavy atom. The van der Waals surface area contributed by atoms with Gasteiger partial charge in [0.05, 0.1) is 6.04 Å². The number of benzene rings is 1. The molecular formula is C27H36FN3OS. The number of hydrogen-bond donors (Lipinski definition) is 1. The Balaban J connectivity index is 1.47. The van der Waals surface area contributed by atoms with Gasteiger partial charge in [0.1, 0.15) is 11.8 Å². The zero-order valence-electron chi connectivity index (χ0n) is 20.2. The number of ether oxygens (including phenoxy) is 1. The Labute approximate surface area is 200 Å². The molecule has 4 heterocycles. The quantitative estimate of drug-likeness (QED) is 0.449. The Morgan fingerprint density at radius 3 is 2.82 bits per heavy atom. The summed E-state index contributed by atoms with van der Waals surface area (Å²) in [6, 6.07) is 13.1. The van der Waals surface area contributed by atoms with Crippen LogP contribution in [0.5, 0.6) is 5.06 Å². The number of H-pyrrole nitrogens is 1. The molecule has 0 unspecified atom stereocenters. The molecule has 3 atom stereocenters. The monoisotopic (exact) mass is 469 g/mol. The lowest BCUT2D eigenvalue weighted by atomic mass is 9.90. The molecule has 5 rings (SSSR count). The molecule has 0 bridgehead atoms. The first-order valence-electron chi connectivity index (χ1n) is 12.4. The smallest absolute Gasteiger partial charge is 0.174 e. The molecule has 0 saturated carbocycles. The van der Waals surface area contributed by atoms with E-state index in [0.717, 1.165) is 43.1 Å². The van der Waals surface area contributed by atoms with Gasteiger partial charge in [0.15, 0.2) is 5.06 Å². The zero-order valence-corrected chi connectivity index (χ0v) is 21.1. The van der Waals surface area contributed by atoms with Crippen LogP contribution in [0.15, 0.2) is 36.4 Å². The Hall–Kier alpha value is -1.89. The van der Waals surface area contributed by atoms with Gasteiger partial charge >= 0.3 is 0 Å². The summed E-state index contributed by atoms with van der Waals surface area (Å²) in [5, 5.41) is 2.27. The number of fused-ring (bicyclic) bond motifs is 3. The lowest BCUT2D eigenvalue weighted by Crippen LogP contribution is -2.47. The van der Waals surface area contributed by atoms with Crippen molar-refractivity contribution >= 4 is 22.2 Å². The summed E-state index contributed by atoms with van der Waals surface area (Å²) in [6.07, 6.45) is 3.46. The third-order valence-corrected chi connectivity index (χ3v) is 8.03. The zero-order chi connectivity index (χ0) is 23.2. The fraction of sp³-hybridized carbons (Fsp3) is 0.556. The first kappa shape index (κ1) is 22.9. The number of alkyl halides is 1. The molecule has 178 valence electrons. The standard InChI is InChI=1S/C27H36FN3OS/c1-5-13-30-14-12-19(16-30)32-24-11-10-23(33-24)26-25-21(20-8-6-7-9-22(20)29-25)15-18(2)31(26)17-27(3,4)28/h6-11,18-19,26,29H,5,12-17H2,1-4H3/t18-,19-,26-/m1/s1. The lowest BCUT2D eigenvalue weighted by Gasteiger charge is -2.42. The highest BCUT2D eigenvalue weighted by molar-refractivity contribution is 7.13. The van der Waals surface area contributed by atoms with Crippen LogP contribution >= 0.6 is 11.3 Å². The van der Waals surface area contributed by atoms with Crippen molar-refractivity contribution in [2.75, 3.05) is 26.2 Å². The molecule has 0 radical (unpaired) electrons. The molecule has 2 aliphatic heterocycles. The number of nitrogens with one attached hydrogen (secondary N) is 1. The minimum Gasteiger partial charge on any atom is -0.479 e. The van der Waals surface area contributed by atoms with E-state index in [4.69, 9.17) is 4.74 Å². The highest BCUT2D eigenvalue weighted by Crippen LogP contribution is 2.45. The molecule has 0 spiro atoms. The molecule has 6 heteroatoms. The van der Waals surface area contributed by atoms with Crippen LogP contribution in [0.4, 0.5) is 4.39 Å². The van der Waals surface area contributed by atoms with Crippen LogP contribution in [0.3, 0.4) is 0 Å². The number of thiophene rings is 1. The molecule has 0 aliphatic carbocycles. The minimum absolute atomic E-state index is 0.00805. The summed E-state index contributed by atoms with van der Waals surface area (Å²) in [4.78, 5) is 9.75. The molecular weight excluding hydrogens is 433 g/mol. The van der Waals surface area contributed by atoms with E-state index in [1.54, 1.807) is 25.2 Å². The molecule has 0 amide bonds. The van der Waals surface area contributed by atoms with Crippen molar-refractivity contribution in [3.63, 3.8) is 0 Å². The molecule has 4 nitrogen and oxygen atoms in total. The first-order valence-corrected chi connectivity index (χ1v) is 13.2. The lowest BCUT2D eigenvalue weighted by molar-refractivity contribution is 0.0679. The second-order valence-corrected chi connectivity index (χ2v) is 11.5. The molecule has 3 aromatic rings. The second-order valence-electron chi connectivity index (χ2n) is 10.4. The van der Waals surface area contributed by atoms with E-state index in [1.165, 1.54) is 27.9 Å². The number of hydrogen-bond acceptors (Lipinski definition) is 4. The van der Waals surface area contributed by atoms with Gasteiger partial charge in [-0.1, -0.05) is 25.1 Å². The van der Waals surface area contributed by atoms with E-state index >= 15 is 0 Å². The van der Waals surface area contributed by atoms with Crippen molar-refractivity contribution in [2.45, 2.75) is 70.8 Å². The van der Waals surface area contributed by atoms with Crippen molar-refractivity contribution < 1.29 is 9.13 Å². The Kier molecular flexibility index (Phi) is 6.27. The fourth-order valence-electron chi connectivity index (χ4n) is 5.62. The number of likely N-dealkylation sites (tertiary alicyclic amines) is 1. The minimum atomic E-state index is -1.26. The van der Waals surface area contributed by atoms with Crippen molar-refractivity contribution in [1.29, 1.82) is 0 Å². The van der Waals surface area contributed by atoms with E-state index in [-0.39, 0.29) is 18.2 Å². The maximum absolute atomic E-state index is 14.9. The molecule has 1 aromatic carbocycles. The number of aromatic nitrogens is 1. The highest BCUT2D eigenvalue weighted by atomic mass is 32.1. The average Bonchev–Trinajstić information content (AvgIpc) is 3.48. The highest BCUT2D eigenvalue weighted by Gasteiger charge is 2.39. The number of rotatable bonds is 7. The second kappa shape index (κ2) is 9.05. The SMILES string of the molecule is CCCN1CC[C@@H](Oc2ccc([C@@H]3c4[nH]c5ccccc5c4C[C@@H](C)N3CC(C)(C)F)s2)C1. The van der Waals surface area contributed by atoms with Gasteiger partial charge in [0, 0.05) is 47.2 Å². The summed E-state index contributed by atoms with van der Waals surface area (Å²) < 4.78 is 21.3. The predicted octanol–water partition coefficient (Wildman–Crippen LogP) is 6.18. The normalized spacial score (nSPS) is 24.5. The number of aromatic amines is 1. The van der Waals surface area contributed by atoms with E-state index in [2.05, 4.69) is 65.0 Å². The van der Waals surface area contributed by atoms with Gasteiger partial charge in [-0.25, -0.2) is 4.39 Å². The van der Waals surface area contributed by atoms with Gasteiger partial charge in [-0.3, -0.25) is 9.80 Å². The van der Waals surface area contributed by atoms with Gasteiger partial charge in [-0.2, -0.15) is 0 Å². The number of nitrogens with zero attached hydrogens (tertiary/aromatic N) is 2. The first-order chi connectivity index (χ1) is 15.8. The summed E-state index contributed by atoms with van der Waals surface area (Å²) in [5.41, 5.74) is 2.48. The maximum atomic E-state index is 14.9. The van der Waals surface area contributed by atoms with E-state index in [1.807, 2.05) is 0 Å². The van der Waals surface area contributed by atoms with Crippen LogP contribution in [-0.2, 0) is 6.42 Å². The van der Waals surface area contributed by atoms with Crippen LogP contribution in [0.2, 0.25) is 0 Å². The van der Waals surface area contributed by atoms with Crippen LogP contribution in [0, 0.1) is 0 Å². The van der Waals surface area contributed by atoms with Gasteiger partial charge < -0.3 is 9.72 Å². The van der Waals surface area contributed by atoms with Gasteiger partial charge in [0.2, 0.25) is 0 Å². The third kappa shape index (κ3) is 4.71. The predicted molar refractivity (Wildman–Crippen MR) is 135 cm³/mol. The number of para-hydroxylation sites is 1. The molecule has 1 N–H and O–H groups in total. The summed E-state index contributed by atoms with van der Waals surface area (Å²) in [7, 11) is 0. The summed E-state index contributed by atoms with van der Waals surface area (Å²) in [6.45, 7) is 11.5. The molecule has 2 aromatic heterocycles. The van der Waals surface area contributed by atoms with E-state index < -0.39 is 5.67 Å². The van der Waals surface area contributed by atoms with Crippen LogP contribution in [-0.4, -0.2) is 58.8 Å². The topological polar surface area (TPSA) is 31.5 Å². The molecule has 33 heavy (non-hydrogen) atoms. The largest absolute Gasteiger partial charge is 0.479 e. The van der Waals surface area contributed by atoms with Crippen molar-refractivity contribution in [3.8, 4) is 5.06 Å². The number of halogens is 1. The summed E-state index contributed by atoms with van der Waals surface area (Å²) >= 11 is 1.72. The van der Waals surface area contributed by atoms with Crippen LogP contribution in [0.1, 0.15) is 62.7 Å². The molecule has 1 fully saturated rings. The van der Waals surface area contributed by atoms with Crippen molar-refractivity contribution in [3.05, 3.63) is 52.5 Å². The van der Waals surface area contributed by atoms with E-state index in [9.17, 15) is 4.39 Å². The Morgan fingerprint density at radius 1 is 1.21 bits per heavy atom. The maximum Gasteiger partial charge on any atom is 0.174 e. The Bertz CT molecular complexity index is 1100. The van der Waals surface area contributed by atoms with Crippen LogP contribution < -0.4 is 4.74 Å². The van der Waals surface area contributed by atoms with Crippen molar-refractivity contribution in [2.24, 2.45) is 0 Å². The average molecular weight is 470 g/mol. The molecule has 1 saturated heterocycles. The van der Waals surface area contributed by atoms with Gasteiger partial charge in [-0.05, 0) is 70.3 Å². The molecule has 2 aliphatic rings. The van der Waals surface area contributed by atoms with Gasteiger partial charge in [0.25, 0.3) is 0 Å². The van der Waals surface area contributed by atoms with Gasteiger partial charge in [-0.15, -0.1) is 11.3 Å². The van der Waals surface area contributed by atoms with E-state index in [0.29, 0.717) is 6.54 Å². The fourth-order valence-corrected chi connectivity index (χ4v) is 6.67. The summed E-state index contributed by atoms with van der Waals surface area (Å²) in [5.74, 6) is 0. The third-order valence-electron chi connectivity index (χ3n) is 7.00.